The van der Waals surface area contributed by atoms with Crippen LogP contribution < -0.4 is 5.09 Å². The number of nitrogens with zero attached hydrogens (tertiary/aromatic N) is 1. The summed E-state index contributed by atoms with van der Waals surface area (Å²) in [4.78, 5) is 20.1. The van der Waals surface area contributed by atoms with Gasteiger partial charge in [0.15, 0.2) is 0 Å². The highest BCUT2D eigenvalue weighted by Crippen LogP contribution is 2.37. The zero-order chi connectivity index (χ0) is 11.9. The van der Waals surface area contributed by atoms with Gasteiger partial charge in [0.1, 0.15) is 6.04 Å². The predicted octanol–water partition coefficient (Wildman–Crippen LogP) is 0.168. The first kappa shape index (κ1) is 14.1. The van der Waals surface area contributed by atoms with E-state index in [1.165, 1.54) is 14.0 Å². The van der Waals surface area contributed by atoms with Crippen molar-refractivity contribution in [1.29, 1.82) is 5.26 Å². The van der Waals surface area contributed by atoms with E-state index in [0.29, 0.717) is 0 Å². The highest BCUT2D eigenvalue weighted by atomic mass is 31.2. The summed E-state index contributed by atoms with van der Waals surface area (Å²) in [6.07, 6.45) is -0.00116. The Labute approximate surface area is 87.6 Å². The summed E-state index contributed by atoms with van der Waals surface area (Å²) >= 11 is 0. The molecule has 0 bridgehead atoms. The first-order chi connectivity index (χ1) is 6.93. The molecule has 0 spiro atoms. The van der Waals surface area contributed by atoms with Gasteiger partial charge in [-0.05, 0) is 6.92 Å². The van der Waals surface area contributed by atoms with E-state index in [0.717, 1.165) is 0 Å². The third-order valence-corrected chi connectivity index (χ3v) is 2.64. The second-order valence-corrected chi connectivity index (χ2v) is 4.19. The van der Waals surface area contributed by atoms with Crippen molar-refractivity contribution in [1.82, 2.24) is 5.09 Å². The molecule has 0 aromatic rings. The van der Waals surface area contributed by atoms with Crippen LogP contribution >= 0.6 is 7.75 Å². The zero-order valence-electron chi connectivity index (χ0n) is 8.47. The molecule has 2 atom stereocenters. The third-order valence-electron chi connectivity index (χ3n) is 1.39. The number of carbonyl (C=O) groups is 1. The largest absolute Gasteiger partial charge is 0.468 e. The van der Waals surface area contributed by atoms with Gasteiger partial charge in [0.05, 0.1) is 26.2 Å². The molecule has 0 fully saturated rings. The first-order valence-corrected chi connectivity index (χ1v) is 5.70. The minimum absolute atomic E-state index is 0.00116. The Kier molecular flexibility index (Phi) is 6.13. The van der Waals surface area contributed by atoms with E-state index in [2.05, 4.69) is 14.3 Å². The molecule has 8 heteroatoms. The smallest absolute Gasteiger partial charge is 0.403 e. The summed E-state index contributed by atoms with van der Waals surface area (Å²) in [6, 6.07) is 0.800. The molecule has 0 aromatic carbocycles. The summed E-state index contributed by atoms with van der Waals surface area (Å²) in [7, 11) is -2.88. The Morgan fingerprint density at radius 2 is 2.33 bits per heavy atom. The maximum absolute atomic E-state index is 11.2. The highest BCUT2D eigenvalue weighted by molar-refractivity contribution is 7.50. The van der Waals surface area contributed by atoms with Crippen LogP contribution in [0.1, 0.15) is 13.3 Å². The standard InChI is InChI=1S/C7H13N2O5P/c1-6(7(10)13-2)9-15(11,12)14-5-3-4-8/h6H,3,5H2,1-2H3,(H2,9,11,12)/t6-/m0/s1. The van der Waals surface area contributed by atoms with Gasteiger partial charge in [0, 0.05) is 0 Å². The number of methoxy groups -OCH3 is 1. The monoisotopic (exact) mass is 236 g/mol. The van der Waals surface area contributed by atoms with Crippen LogP contribution in [0, 0.1) is 11.3 Å². The molecule has 15 heavy (non-hydrogen) atoms. The minimum Gasteiger partial charge on any atom is -0.468 e. The van der Waals surface area contributed by atoms with E-state index in [4.69, 9.17) is 10.2 Å². The van der Waals surface area contributed by atoms with E-state index in [1.54, 1.807) is 6.07 Å². The third kappa shape index (κ3) is 6.20. The zero-order valence-corrected chi connectivity index (χ0v) is 9.36. The molecule has 0 saturated carbocycles. The lowest BCUT2D eigenvalue weighted by Gasteiger charge is -2.16. The molecule has 0 aliphatic heterocycles. The van der Waals surface area contributed by atoms with Gasteiger partial charge >= 0.3 is 13.7 Å². The summed E-state index contributed by atoms with van der Waals surface area (Å²) < 4.78 is 20.1. The number of nitriles is 1. The molecule has 0 aliphatic rings. The molecule has 7 nitrogen and oxygen atoms in total. The highest BCUT2D eigenvalue weighted by Gasteiger charge is 2.25. The second-order valence-electron chi connectivity index (χ2n) is 2.64. The lowest BCUT2D eigenvalue weighted by molar-refractivity contribution is -0.142. The lowest BCUT2D eigenvalue weighted by atomic mass is 10.4. The Hall–Kier alpha value is -0.930. The fourth-order valence-electron chi connectivity index (χ4n) is 0.726. The van der Waals surface area contributed by atoms with Crippen LogP contribution in [0.3, 0.4) is 0 Å². The van der Waals surface area contributed by atoms with Crippen molar-refractivity contribution in [2.75, 3.05) is 13.7 Å². The van der Waals surface area contributed by atoms with Crippen LogP contribution in [0.5, 0.6) is 0 Å². The van der Waals surface area contributed by atoms with Gasteiger partial charge in [-0.1, -0.05) is 0 Å². The van der Waals surface area contributed by atoms with Crippen LogP contribution in [-0.4, -0.2) is 30.6 Å². The van der Waals surface area contributed by atoms with Crippen molar-refractivity contribution < 1.29 is 23.5 Å². The molecular formula is C7H13N2O5P. The van der Waals surface area contributed by atoms with Crippen LogP contribution in [0.15, 0.2) is 0 Å². The lowest BCUT2D eigenvalue weighted by Crippen LogP contribution is -2.33. The molecule has 0 aromatic heterocycles. The van der Waals surface area contributed by atoms with Gasteiger partial charge < -0.3 is 9.63 Å². The van der Waals surface area contributed by atoms with Crippen molar-refractivity contribution in [3.63, 3.8) is 0 Å². The van der Waals surface area contributed by atoms with Gasteiger partial charge in [-0.25, -0.2) is 9.65 Å². The van der Waals surface area contributed by atoms with Crippen molar-refractivity contribution in [3.05, 3.63) is 0 Å². The van der Waals surface area contributed by atoms with Crippen LogP contribution in [0.4, 0.5) is 0 Å². The molecule has 0 rings (SSSR count). The molecule has 0 radical (unpaired) electrons. The average Bonchev–Trinajstić information content (AvgIpc) is 2.16. The normalized spacial score (nSPS) is 16.1. The van der Waals surface area contributed by atoms with Crippen molar-refractivity contribution in [2.45, 2.75) is 19.4 Å². The van der Waals surface area contributed by atoms with E-state index in [-0.39, 0.29) is 13.0 Å². The molecule has 0 saturated heterocycles. The molecule has 86 valence electrons. The number of nitrogens with one attached hydrogen (secondary N) is 1. The maximum atomic E-state index is 11.2. The number of rotatable bonds is 6. The van der Waals surface area contributed by atoms with Crippen LogP contribution in [0.2, 0.25) is 0 Å². The first-order valence-electron chi connectivity index (χ1n) is 4.13. The Bertz CT molecular complexity index is 300. The van der Waals surface area contributed by atoms with Crippen LogP contribution in [-0.2, 0) is 18.6 Å². The van der Waals surface area contributed by atoms with Crippen molar-refractivity contribution >= 4 is 13.7 Å². The quantitative estimate of drug-likeness (QED) is 0.384. The Morgan fingerprint density at radius 3 is 2.80 bits per heavy atom. The van der Waals surface area contributed by atoms with Gasteiger partial charge in [-0.3, -0.25) is 9.32 Å². The molecule has 2 N–H and O–H groups in total. The maximum Gasteiger partial charge on any atom is 0.403 e. The van der Waals surface area contributed by atoms with Crippen LogP contribution in [0.25, 0.3) is 0 Å². The predicted molar refractivity (Wildman–Crippen MR) is 50.6 cm³/mol. The van der Waals surface area contributed by atoms with E-state index in [9.17, 15) is 9.36 Å². The second kappa shape index (κ2) is 6.53. The summed E-state index contributed by atoms with van der Waals surface area (Å²) in [6.45, 7) is 1.19. The summed E-state index contributed by atoms with van der Waals surface area (Å²) in [5, 5.41) is 10.2. The Morgan fingerprint density at radius 1 is 1.73 bits per heavy atom. The SMILES string of the molecule is COC(=O)[C@H](C)NP(=O)(O)OCCC#N. The number of hydrogen-bond acceptors (Lipinski definition) is 5. The summed E-state index contributed by atoms with van der Waals surface area (Å²) in [5.41, 5.74) is 0. The molecule has 0 heterocycles. The number of hydrogen-bond donors (Lipinski definition) is 2. The van der Waals surface area contributed by atoms with E-state index < -0.39 is 19.8 Å². The van der Waals surface area contributed by atoms with Gasteiger partial charge in [0.2, 0.25) is 0 Å². The van der Waals surface area contributed by atoms with E-state index >= 15 is 0 Å². The topological polar surface area (TPSA) is 109 Å². The van der Waals surface area contributed by atoms with Gasteiger partial charge in [-0.2, -0.15) is 5.26 Å². The van der Waals surface area contributed by atoms with Crippen molar-refractivity contribution in [2.24, 2.45) is 0 Å². The molecular weight excluding hydrogens is 223 g/mol. The van der Waals surface area contributed by atoms with Gasteiger partial charge in [-0.15, -0.1) is 0 Å². The fraction of sp³-hybridized carbons (Fsp3) is 0.714. The fourth-order valence-corrected chi connectivity index (χ4v) is 1.73. The van der Waals surface area contributed by atoms with Crippen molar-refractivity contribution in [3.8, 4) is 6.07 Å². The molecule has 0 amide bonds. The molecule has 0 aliphatic carbocycles. The number of esters is 1. The van der Waals surface area contributed by atoms with Gasteiger partial charge in [0.25, 0.3) is 0 Å². The van der Waals surface area contributed by atoms with E-state index in [1.807, 2.05) is 0 Å². The Balaban J connectivity index is 4.08. The number of ether oxygens (including phenoxy) is 1. The average molecular weight is 236 g/mol. The summed E-state index contributed by atoms with van der Waals surface area (Å²) in [5.74, 6) is -0.673. The number of carbonyl (C=O) groups excluding carboxylic acids is 1. The minimum atomic E-state index is -4.05. The molecule has 1 unspecified atom stereocenters.